The first-order chi connectivity index (χ1) is 19.1. The molecule has 2 aliphatic rings. The molecule has 0 aliphatic carbocycles. The molecule has 214 valence electrons. The van der Waals surface area contributed by atoms with E-state index in [0.29, 0.717) is 23.7 Å². The number of hydrogen-bond donors (Lipinski definition) is 2. The van der Waals surface area contributed by atoms with E-state index in [1.165, 1.54) is 23.0 Å². The van der Waals surface area contributed by atoms with Crippen LogP contribution in [0.3, 0.4) is 0 Å². The van der Waals surface area contributed by atoms with Crippen molar-refractivity contribution in [2.75, 3.05) is 26.3 Å². The number of carboxylic acids is 1. The maximum Gasteiger partial charge on any atom is 0.490 e. The molecule has 1 aromatic heterocycles. The number of carbonyl (C=O) groups excluding carboxylic acids is 1. The summed E-state index contributed by atoms with van der Waals surface area (Å²) in [7, 11) is 0. The number of nitrogens with one attached hydrogen (secondary N) is 1. The second-order valence-corrected chi connectivity index (χ2v) is 10.3. The molecule has 3 aromatic rings. The summed E-state index contributed by atoms with van der Waals surface area (Å²) in [5.74, 6) is -1.51. The minimum atomic E-state index is -5.08. The second-order valence-electron chi connectivity index (χ2n) is 9.36. The smallest absolute Gasteiger partial charge is 0.486 e. The lowest BCUT2D eigenvalue weighted by molar-refractivity contribution is -0.192. The van der Waals surface area contributed by atoms with Crippen LogP contribution in [0.5, 0.6) is 11.5 Å². The molecule has 2 aromatic carbocycles. The molecule has 0 spiro atoms. The number of carbonyl (C=O) groups is 2. The third-order valence-electron chi connectivity index (χ3n) is 6.35. The summed E-state index contributed by atoms with van der Waals surface area (Å²) in [4.78, 5) is 24.8. The molecule has 7 nitrogen and oxygen atoms in total. The Bertz CT molecular complexity index is 1330. The molecule has 40 heavy (non-hydrogen) atoms. The third kappa shape index (κ3) is 7.95. The number of carboxylic acid groups (broad SMARTS) is 1. The van der Waals surface area contributed by atoms with Gasteiger partial charge in [0.25, 0.3) is 5.91 Å². The van der Waals surface area contributed by atoms with Crippen molar-refractivity contribution in [3.05, 3.63) is 70.2 Å². The summed E-state index contributed by atoms with van der Waals surface area (Å²) >= 11 is 1.35. The highest BCUT2D eigenvalue weighted by Gasteiger charge is 2.38. The number of fused-ring (bicyclic) bond motifs is 1. The van der Waals surface area contributed by atoms with E-state index >= 15 is 0 Å². The molecular formula is C28H28F4N2O5S. The van der Waals surface area contributed by atoms with Gasteiger partial charge in [-0.15, -0.1) is 11.3 Å². The molecule has 1 saturated heterocycles. The van der Waals surface area contributed by atoms with Crippen LogP contribution in [0.1, 0.15) is 34.5 Å². The van der Waals surface area contributed by atoms with Gasteiger partial charge >= 0.3 is 12.1 Å². The van der Waals surface area contributed by atoms with Crippen LogP contribution in [0, 0.1) is 5.82 Å². The normalized spacial score (nSPS) is 17.2. The molecule has 5 rings (SSSR count). The van der Waals surface area contributed by atoms with Crippen molar-refractivity contribution in [2.24, 2.45) is 0 Å². The second kappa shape index (κ2) is 13.1. The van der Waals surface area contributed by atoms with Crippen molar-refractivity contribution in [1.82, 2.24) is 10.2 Å². The Labute approximate surface area is 232 Å². The topological polar surface area (TPSA) is 88.1 Å². The Balaban J connectivity index is 0.000000470. The van der Waals surface area contributed by atoms with Crippen molar-refractivity contribution in [1.29, 1.82) is 0 Å². The highest BCUT2D eigenvalue weighted by atomic mass is 32.1. The number of thiophene rings is 1. The molecule has 1 fully saturated rings. The minimum Gasteiger partial charge on any atom is -0.486 e. The number of halogens is 4. The van der Waals surface area contributed by atoms with Gasteiger partial charge in [0.05, 0.1) is 4.88 Å². The maximum absolute atomic E-state index is 14.1. The Morgan fingerprint density at radius 2 is 1.77 bits per heavy atom. The Morgan fingerprint density at radius 1 is 1.05 bits per heavy atom. The predicted molar refractivity (Wildman–Crippen MR) is 141 cm³/mol. The maximum atomic E-state index is 14.1. The van der Waals surface area contributed by atoms with Crippen LogP contribution in [0.4, 0.5) is 17.6 Å². The van der Waals surface area contributed by atoms with E-state index < -0.39 is 12.1 Å². The molecule has 2 aliphatic heterocycles. The average Bonchev–Trinajstić information content (AvgIpc) is 3.31. The minimum absolute atomic E-state index is 0.0798. The highest BCUT2D eigenvalue weighted by molar-refractivity contribution is 7.12. The van der Waals surface area contributed by atoms with E-state index in [0.717, 1.165) is 56.0 Å². The zero-order valence-corrected chi connectivity index (χ0v) is 22.2. The van der Waals surface area contributed by atoms with E-state index in [9.17, 15) is 22.4 Å². The number of aliphatic carboxylic acids is 1. The molecule has 12 heteroatoms. The van der Waals surface area contributed by atoms with E-state index in [2.05, 4.69) is 22.3 Å². The van der Waals surface area contributed by atoms with Crippen molar-refractivity contribution >= 4 is 23.2 Å². The van der Waals surface area contributed by atoms with Crippen molar-refractivity contribution in [2.45, 2.75) is 38.0 Å². The van der Waals surface area contributed by atoms with Crippen LogP contribution in [-0.4, -0.2) is 60.4 Å². The summed E-state index contributed by atoms with van der Waals surface area (Å²) in [5.41, 5.74) is 2.44. The Hall–Kier alpha value is -3.64. The van der Waals surface area contributed by atoms with Crippen LogP contribution in [0.25, 0.3) is 11.1 Å². The van der Waals surface area contributed by atoms with Crippen LogP contribution in [0.15, 0.2) is 53.9 Å². The van der Waals surface area contributed by atoms with Gasteiger partial charge in [-0.2, -0.15) is 13.2 Å². The molecule has 3 heterocycles. The molecule has 1 unspecified atom stereocenters. The Kier molecular flexibility index (Phi) is 9.64. The number of hydrogen-bond acceptors (Lipinski definition) is 6. The zero-order chi connectivity index (χ0) is 28.7. The SMILES string of the molecule is O=C(NC1CCCCN(Cc2ccc3c(c2)OCCO3)C1)c1cc(-c2ccccc2F)cs1.O=C(O)C(F)(F)F. The number of nitrogens with zero attached hydrogens (tertiary/aromatic N) is 1. The van der Waals surface area contributed by atoms with Crippen LogP contribution in [0.2, 0.25) is 0 Å². The standard InChI is InChI=1S/C26H27FN2O3S.C2HF3O2/c27-22-7-2-1-6-21(22)19-14-25(33-17-19)26(30)28-20-5-3-4-10-29(16-20)15-18-8-9-23-24(13-18)32-12-11-31-23;3-2(4,5)1(6)7/h1-2,6-9,13-14,17,20H,3-5,10-12,15-16H2,(H,28,30);(H,6,7). The fourth-order valence-electron chi connectivity index (χ4n) is 4.47. The summed E-state index contributed by atoms with van der Waals surface area (Å²) < 4.78 is 57.2. The number of ether oxygens (including phenoxy) is 2. The van der Waals surface area contributed by atoms with Crippen molar-refractivity contribution in [3.8, 4) is 22.6 Å². The van der Waals surface area contributed by atoms with Gasteiger partial charge in [-0.3, -0.25) is 9.69 Å². The summed E-state index contributed by atoms with van der Waals surface area (Å²) in [6, 6.07) is 14.6. The van der Waals surface area contributed by atoms with Crippen LogP contribution >= 0.6 is 11.3 Å². The lowest BCUT2D eigenvalue weighted by Gasteiger charge is -2.26. The fourth-order valence-corrected chi connectivity index (χ4v) is 5.28. The number of alkyl halides is 3. The first-order valence-corrected chi connectivity index (χ1v) is 13.5. The predicted octanol–water partition coefficient (Wildman–Crippen LogP) is 5.74. The Morgan fingerprint density at radius 3 is 2.50 bits per heavy atom. The van der Waals surface area contributed by atoms with Crippen LogP contribution in [-0.2, 0) is 11.3 Å². The van der Waals surface area contributed by atoms with Gasteiger partial charge in [0, 0.05) is 24.7 Å². The lowest BCUT2D eigenvalue weighted by Crippen LogP contribution is -2.42. The van der Waals surface area contributed by atoms with Gasteiger partial charge in [-0.25, -0.2) is 9.18 Å². The zero-order valence-electron chi connectivity index (χ0n) is 21.4. The monoisotopic (exact) mass is 580 g/mol. The highest BCUT2D eigenvalue weighted by Crippen LogP contribution is 2.31. The summed E-state index contributed by atoms with van der Waals surface area (Å²) in [6.45, 7) is 3.77. The van der Waals surface area contributed by atoms with E-state index in [1.54, 1.807) is 24.3 Å². The number of rotatable bonds is 5. The molecule has 0 saturated carbocycles. The quantitative estimate of drug-likeness (QED) is 0.374. The molecular weight excluding hydrogens is 552 g/mol. The van der Waals surface area contributed by atoms with E-state index in [-0.39, 0.29) is 17.8 Å². The number of amides is 1. The lowest BCUT2D eigenvalue weighted by atomic mass is 10.1. The van der Waals surface area contributed by atoms with Crippen molar-refractivity contribution < 1.29 is 41.7 Å². The van der Waals surface area contributed by atoms with Gasteiger partial charge in [0.15, 0.2) is 11.5 Å². The fraction of sp³-hybridized carbons (Fsp3) is 0.357. The molecule has 1 amide bonds. The van der Waals surface area contributed by atoms with Gasteiger partial charge in [-0.1, -0.05) is 30.7 Å². The number of likely N-dealkylation sites (tertiary alicyclic amines) is 1. The number of benzene rings is 2. The largest absolute Gasteiger partial charge is 0.490 e. The third-order valence-corrected chi connectivity index (χ3v) is 7.28. The van der Waals surface area contributed by atoms with Crippen molar-refractivity contribution in [3.63, 3.8) is 0 Å². The van der Waals surface area contributed by atoms with E-state index in [4.69, 9.17) is 19.4 Å². The molecule has 0 radical (unpaired) electrons. The first kappa shape index (κ1) is 29.3. The van der Waals surface area contributed by atoms with Crippen LogP contribution < -0.4 is 14.8 Å². The van der Waals surface area contributed by atoms with Gasteiger partial charge in [-0.05, 0) is 60.2 Å². The summed E-state index contributed by atoms with van der Waals surface area (Å²) in [6.07, 6.45) is -1.95. The van der Waals surface area contributed by atoms with Gasteiger partial charge in [0.2, 0.25) is 0 Å². The molecule has 1 atom stereocenters. The molecule has 0 bridgehead atoms. The molecule has 2 N–H and O–H groups in total. The first-order valence-electron chi connectivity index (χ1n) is 12.7. The summed E-state index contributed by atoms with van der Waals surface area (Å²) in [5, 5.41) is 12.2. The van der Waals surface area contributed by atoms with Gasteiger partial charge < -0.3 is 19.9 Å². The average molecular weight is 581 g/mol. The van der Waals surface area contributed by atoms with Gasteiger partial charge in [0.1, 0.15) is 19.0 Å². The van der Waals surface area contributed by atoms with E-state index in [1.807, 2.05) is 11.4 Å².